The summed E-state index contributed by atoms with van der Waals surface area (Å²) in [6, 6.07) is 4.85. The molecule has 3 heterocycles. The van der Waals surface area contributed by atoms with Gasteiger partial charge in [0.15, 0.2) is 0 Å². The van der Waals surface area contributed by atoms with E-state index in [1.54, 1.807) is 4.90 Å². The third kappa shape index (κ3) is 4.30. The Labute approximate surface area is 176 Å². The number of aromatic amines is 1. The molecule has 2 fully saturated rings. The van der Waals surface area contributed by atoms with Crippen molar-refractivity contribution in [2.75, 3.05) is 26.2 Å². The fourth-order valence-corrected chi connectivity index (χ4v) is 4.58. The molecule has 2 aliphatic rings. The Morgan fingerprint density at radius 1 is 1.10 bits per heavy atom. The summed E-state index contributed by atoms with van der Waals surface area (Å²) < 4.78 is 18.9. The Hall–Kier alpha value is -2.57. The molecule has 1 unspecified atom stereocenters. The first-order valence-corrected chi connectivity index (χ1v) is 10.7. The number of hydrogen-bond acceptors (Lipinski definition) is 3. The molecule has 7 heteroatoms. The van der Waals surface area contributed by atoms with E-state index in [0.717, 1.165) is 23.7 Å². The number of carbonyl (C=O) groups excluding carboxylic acids is 2. The van der Waals surface area contributed by atoms with Crippen molar-refractivity contribution >= 4 is 22.9 Å². The number of aromatic nitrogens is 1. The van der Waals surface area contributed by atoms with Crippen molar-refractivity contribution in [1.29, 1.82) is 0 Å². The number of nitrogens with one attached hydrogen (secondary N) is 1. The molecule has 0 radical (unpaired) electrons. The van der Waals surface area contributed by atoms with Crippen LogP contribution in [0.25, 0.3) is 10.9 Å². The Balaban J connectivity index is 1.33. The summed E-state index contributed by atoms with van der Waals surface area (Å²) in [4.78, 5) is 32.0. The van der Waals surface area contributed by atoms with Crippen LogP contribution in [-0.2, 0) is 9.53 Å². The zero-order valence-electron chi connectivity index (χ0n) is 17.9. The minimum atomic E-state index is -0.533. The van der Waals surface area contributed by atoms with Gasteiger partial charge in [-0.15, -0.1) is 0 Å². The molecule has 1 aromatic heterocycles. The van der Waals surface area contributed by atoms with Crippen LogP contribution in [0.3, 0.4) is 0 Å². The van der Waals surface area contributed by atoms with E-state index in [9.17, 15) is 14.0 Å². The number of hydrogen-bond donors (Lipinski definition) is 1. The van der Waals surface area contributed by atoms with Crippen LogP contribution in [0.4, 0.5) is 9.18 Å². The third-order valence-electron chi connectivity index (χ3n) is 6.11. The molecule has 4 rings (SSSR count). The van der Waals surface area contributed by atoms with E-state index < -0.39 is 5.60 Å². The highest BCUT2D eigenvalue weighted by Gasteiger charge is 2.36. The van der Waals surface area contributed by atoms with Crippen LogP contribution in [0.5, 0.6) is 0 Å². The topological polar surface area (TPSA) is 65.6 Å². The summed E-state index contributed by atoms with van der Waals surface area (Å²) in [6.45, 7) is 7.95. The number of H-pyrrole nitrogens is 1. The molecule has 0 aliphatic carbocycles. The van der Waals surface area contributed by atoms with Crippen molar-refractivity contribution in [3.8, 4) is 0 Å². The van der Waals surface area contributed by atoms with Crippen LogP contribution in [-0.4, -0.2) is 58.6 Å². The first kappa shape index (κ1) is 20.7. The van der Waals surface area contributed by atoms with Crippen molar-refractivity contribution in [3.05, 3.63) is 35.8 Å². The highest BCUT2D eigenvalue weighted by Crippen LogP contribution is 2.34. The molecule has 0 spiro atoms. The van der Waals surface area contributed by atoms with Gasteiger partial charge in [-0.05, 0) is 69.7 Å². The average molecular weight is 416 g/mol. The van der Waals surface area contributed by atoms with Gasteiger partial charge < -0.3 is 19.5 Å². The lowest BCUT2D eigenvalue weighted by Gasteiger charge is -2.33. The standard InChI is InChI=1S/C23H30FN3O3/c1-23(2,3)30-22(29)27-11-8-16(14-27)21(28)26-9-6-15(7-10-26)19-13-25-20-12-17(24)4-5-18(19)20/h4-5,12-13,15-16,25H,6-11,14H2,1-3H3. The van der Waals surface area contributed by atoms with E-state index in [2.05, 4.69) is 4.98 Å². The summed E-state index contributed by atoms with van der Waals surface area (Å²) >= 11 is 0. The normalized spacial score (nSPS) is 20.7. The zero-order valence-corrected chi connectivity index (χ0v) is 17.9. The number of rotatable bonds is 2. The van der Waals surface area contributed by atoms with E-state index in [1.807, 2.05) is 37.9 Å². The maximum Gasteiger partial charge on any atom is 0.410 e. The fourth-order valence-electron chi connectivity index (χ4n) is 4.58. The summed E-state index contributed by atoms with van der Waals surface area (Å²) in [5.41, 5.74) is 1.49. The molecule has 2 aromatic rings. The predicted molar refractivity (Wildman–Crippen MR) is 113 cm³/mol. The molecule has 1 atom stereocenters. The number of fused-ring (bicyclic) bond motifs is 1. The first-order valence-electron chi connectivity index (χ1n) is 10.7. The number of halogens is 1. The quantitative estimate of drug-likeness (QED) is 0.797. The lowest BCUT2D eigenvalue weighted by atomic mass is 9.88. The van der Waals surface area contributed by atoms with Crippen molar-refractivity contribution in [2.45, 2.75) is 51.6 Å². The van der Waals surface area contributed by atoms with E-state index in [1.165, 1.54) is 17.7 Å². The Morgan fingerprint density at radius 2 is 1.80 bits per heavy atom. The molecule has 2 amide bonds. The van der Waals surface area contributed by atoms with Gasteiger partial charge in [-0.3, -0.25) is 4.79 Å². The summed E-state index contributed by atoms with van der Waals surface area (Å²) in [5.74, 6) is 0.106. The largest absolute Gasteiger partial charge is 0.444 e. The number of likely N-dealkylation sites (tertiary alicyclic amines) is 2. The molecular formula is C23H30FN3O3. The maximum absolute atomic E-state index is 13.4. The Morgan fingerprint density at radius 3 is 2.50 bits per heavy atom. The molecule has 1 N–H and O–H groups in total. The average Bonchev–Trinajstić information content (AvgIpc) is 3.33. The van der Waals surface area contributed by atoms with Gasteiger partial charge >= 0.3 is 6.09 Å². The Kier molecular flexibility index (Phi) is 5.47. The molecular weight excluding hydrogens is 385 g/mol. The van der Waals surface area contributed by atoms with Gasteiger partial charge in [-0.1, -0.05) is 0 Å². The predicted octanol–water partition coefficient (Wildman–Crippen LogP) is 4.27. The van der Waals surface area contributed by atoms with Crippen molar-refractivity contribution in [1.82, 2.24) is 14.8 Å². The number of carbonyl (C=O) groups is 2. The lowest BCUT2D eigenvalue weighted by Crippen LogP contribution is -2.42. The molecule has 2 aliphatic heterocycles. The summed E-state index contributed by atoms with van der Waals surface area (Å²) in [7, 11) is 0. The zero-order chi connectivity index (χ0) is 21.5. The van der Waals surface area contributed by atoms with Crippen molar-refractivity contribution in [2.24, 2.45) is 5.92 Å². The van der Waals surface area contributed by atoms with Gasteiger partial charge in [-0.2, -0.15) is 0 Å². The highest BCUT2D eigenvalue weighted by atomic mass is 19.1. The number of amides is 2. The van der Waals surface area contributed by atoms with Gasteiger partial charge in [-0.25, -0.2) is 9.18 Å². The fraction of sp³-hybridized carbons (Fsp3) is 0.565. The van der Waals surface area contributed by atoms with Gasteiger partial charge in [0.2, 0.25) is 5.91 Å². The van der Waals surface area contributed by atoms with Crippen LogP contribution in [0, 0.1) is 11.7 Å². The maximum atomic E-state index is 13.4. The number of ether oxygens (including phenoxy) is 1. The van der Waals surface area contributed by atoms with Crippen LogP contribution < -0.4 is 0 Å². The second-order valence-corrected chi connectivity index (χ2v) is 9.45. The van der Waals surface area contributed by atoms with Crippen molar-refractivity contribution < 1.29 is 18.7 Å². The number of piperidine rings is 1. The van der Waals surface area contributed by atoms with Gasteiger partial charge in [0.1, 0.15) is 11.4 Å². The minimum absolute atomic E-state index is 0.139. The van der Waals surface area contributed by atoms with Gasteiger partial charge in [0.05, 0.1) is 5.92 Å². The smallest absolute Gasteiger partial charge is 0.410 e. The molecule has 162 valence electrons. The van der Waals surface area contributed by atoms with E-state index in [4.69, 9.17) is 4.74 Å². The molecule has 1 aromatic carbocycles. The second kappa shape index (κ2) is 7.93. The molecule has 0 saturated carbocycles. The van der Waals surface area contributed by atoms with Crippen LogP contribution in [0.15, 0.2) is 24.4 Å². The van der Waals surface area contributed by atoms with Crippen LogP contribution in [0.2, 0.25) is 0 Å². The van der Waals surface area contributed by atoms with Gasteiger partial charge in [0, 0.05) is 43.3 Å². The monoisotopic (exact) mass is 415 g/mol. The minimum Gasteiger partial charge on any atom is -0.444 e. The molecule has 6 nitrogen and oxygen atoms in total. The second-order valence-electron chi connectivity index (χ2n) is 9.45. The first-order chi connectivity index (χ1) is 14.2. The highest BCUT2D eigenvalue weighted by molar-refractivity contribution is 5.84. The molecule has 0 bridgehead atoms. The summed E-state index contributed by atoms with van der Waals surface area (Å²) in [6.07, 6.45) is 4.10. The molecule has 30 heavy (non-hydrogen) atoms. The third-order valence-corrected chi connectivity index (χ3v) is 6.11. The van der Waals surface area contributed by atoms with Gasteiger partial charge in [0.25, 0.3) is 0 Å². The number of benzene rings is 1. The molecule has 2 saturated heterocycles. The number of nitrogens with zero attached hydrogens (tertiary/aromatic N) is 2. The van der Waals surface area contributed by atoms with E-state index >= 15 is 0 Å². The SMILES string of the molecule is CC(C)(C)OC(=O)N1CCC(C(=O)N2CCC(c3c[nH]c4cc(F)ccc34)CC2)C1. The summed E-state index contributed by atoms with van der Waals surface area (Å²) in [5, 5.41) is 1.06. The van der Waals surface area contributed by atoms with E-state index in [-0.39, 0.29) is 23.7 Å². The van der Waals surface area contributed by atoms with E-state index in [0.29, 0.717) is 38.5 Å². The van der Waals surface area contributed by atoms with Crippen LogP contribution >= 0.6 is 0 Å². The lowest BCUT2D eigenvalue weighted by molar-refractivity contribution is -0.136. The Bertz CT molecular complexity index is 941. The van der Waals surface area contributed by atoms with Crippen molar-refractivity contribution in [3.63, 3.8) is 0 Å². The van der Waals surface area contributed by atoms with Crippen LogP contribution in [0.1, 0.15) is 51.5 Å².